The Balaban J connectivity index is 0.000000181. The van der Waals surface area contributed by atoms with E-state index in [1.807, 2.05) is 0 Å². The second-order valence-electron chi connectivity index (χ2n) is 3.75. The molecule has 5 nitrogen and oxygen atoms in total. The third-order valence-electron chi connectivity index (χ3n) is 2.36. The normalized spacial score (nSPS) is 18.3. The molecule has 4 N–H and O–H groups in total. The van der Waals surface area contributed by atoms with Gasteiger partial charge in [0.1, 0.15) is 0 Å². The SMILES string of the molecule is Nc1cccc(C(=O)O)c1.OCC1CCCO1. The van der Waals surface area contributed by atoms with Crippen LogP contribution in [0.15, 0.2) is 24.3 Å². The Bertz CT molecular complexity index is 361. The molecule has 0 amide bonds. The van der Waals surface area contributed by atoms with Gasteiger partial charge in [-0.05, 0) is 31.0 Å². The molecule has 0 bridgehead atoms. The number of benzene rings is 1. The van der Waals surface area contributed by atoms with Crippen LogP contribution in [0.25, 0.3) is 0 Å². The minimum atomic E-state index is -0.952. The van der Waals surface area contributed by atoms with Crippen molar-refractivity contribution in [2.75, 3.05) is 18.9 Å². The number of nitrogens with two attached hydrogens (primary N) is 1. The standard InChI is InChI=1S/C7H7NO2.C5H10O2/c8-6-3-1-2-5(4-6)7(9)10;6-4-5-2-1-3-7-5/h1-4H,8H2,(H,9,10);5-6H,1-4H2. The van der Waals surface area contributed by atoms with Crippen LogP contribution in [0.1, 0.15) is 23.2 Å². The van der Waals surface area contributed by atoms with Crippen molar-refractivity contribution in [3.8, 4) is 0 Å². The number of nitrogen functional groups attached to an aromatic ring is 1. The molecular weight excluding hydrogens is 222 g/mol. The van der Waals surface area contributed by atoms with E-state index in [0.717, 1.165) is 19.4 Å². The van der Waals surface area contributed by atoms with Gasteiger partial charge in [0.25, 0.3) is 0 Å². The molecule has 1 atom stereocenters. The maximum atomic E-state index is 10.3. The predicted molar refractivity (Wildman–Crippen MR) is 63.9 cm³/mol. The predicted octanol–water partition coefficient (Wildman–Crippen LogP) is 1.12. The lowest BCUT2D eigenvalue weighted by Crippen LogP contribution is -2.09. The Morgan fingerprint density at radius 1 is 1.53 bits per heavy atom. The molecule has 1 aliphatic heterocycles. The van der Waals surface area contributed by atoms with Gasteiger partial charge in [-0.2, -0.15) is 0 Å². The van der Waals surface area contributed by atoms with Crippen LogP contribution in [-0.4, -0.2) is 35.5 Å². The van der Waals surface area contributed by atoms with Gasteiger partial charge in [0.15, 0.2) is 0 Å². The van der Waals surface area contributed by atoms with E-state index >= 15 is 0 Å². The van der Waals surface area contributed by atoms with Crippen LogP contribution in [0.2, 0.25) is 0 Å². The van der Waals surface area contributed by atoms with Gasteiger partial charge in [-0.1, -0.05) is 6.07 Å². The number of hydrogen-bond acceptors (Lipinski definition) is 4. The van der Waals surface area contributed by atoms with Crippen molar-refractivity contribution in [3.63, 3.8) is 0 Å². The van der Waals surface area contributed by atoms with E-state index in [2.05, 4.69) is 0 Å². The van der Waals surface area contributed by atoms with E-state index in [1.54, 1.807) is 12.1 Å². The van der Waals surface area contributed by atoms with Crippen molar-refractivity contribution in [1.82, 2.24) is 0 Å². The number of ether oxygens (including phenoxy) is 1. The summed E-state index contributed by atoms with van der Waals surface area (Å²) < 4.78 is 5.05. The maximum absolute atomic E-state index is 10.3. The summed E-state index contributed by atoms with van der Waals surface area (Å²) in [5.74, 6) is -0.952. The Morgan fingerprint density at radius 2 is 2.29 bits per heavy atom. The molecule has 1 aromatic rings. The summed E-state index contributed by atoms with van der Waals surface area (Å²) in [6.45, 7) is 1.03. The lowest BCUT2D eigenvalue weighted by molar-refractivity contribution is 0.0591. The van der Waals surface area contributed by atoms with Crippen LogP contribution < -0.4 is 5.73 Å². The first kappa shape index (κ1) is 13.5. The molecule has 5 heteroatoms. The molecule has 0 aromatic heterocycles. The first-order chi connectivity index (χ1) is 8.13. The van der Waals surface area contributed by atoms with E-state index in [9.17, 15) is 4.79 Å². The summed E-state index contributed by atoms with van der Waals surface area (Å²) in [4.78, 5) is 10.3. The molecule has 1 heterocycles. The zero-order valence-corrected chi connectivity index (χ0v) is 9.50. The molecule has 0 aliphatic carbocycles. The summed E-state index contributed by atoms with van der Waals surface area (Å²) >= 11 is 0. The summed E-state index contributed by atoms with van der Waals surface area (Å²) in [6, 6.07) is 6.17. The van der Waals surface area contributed by atoms with E-state index in [4.69, 9.17) is 20.7 Å². The number of rotatable bonds is 2. The number of carboxylic acid groups (broad SMARTS) is 1. The van der Waals surface area contributed by atoms with Crippen LogP contribution in [0.4, 0.5) is 5.69 Å². The largest absolute Gasteiger partial charge is 0.478 e. The second-order valence-corrected chi connectivity index (χ2v) is 3.75. The Kier molecular flexibility index (Phi) is 5.45. The number of carbonyl (C=O) groups is 1. The summed E-state index contributed by atoms with van der Waals surface area (Å²) in [6.07, 6.45) is 2.31. The average molecular weight is 239 g/mol. The van der Waals surface area contributed by atoms with E-state index in [1.165, 1.54) is 12.1 Å². The second kappa shape index (κ2) is 6.88. The molecule has 2 rings (SSSR count). The fourth-order valence-electron chi connectivity index (χ4n) is 1.46. The zero-order valence-electron chi connectivity index (χ0n) is 9.50. The van der Waals surface area contributed by atoms with Gasteiger partial charge in [-0.3, -0.25) is 0 Å². The highest BCUT2D eigenvalue weighted by Gasteiger charge is 2.12. The fourth-order valence-corrected chi connectivity index (χ4v) is 1.46. The minimum absolute atomic E-state index is 0.153. The summed E-state index contributed by atoms with van der Waals surface area (Å²) in [7, 11) is 0. The minimum Gasteiger partial charge on any atom is -0.478 e. The lowest BCUT2D eigenvalue weighted by Gasteiger charge is -2.00. The molecule has 1 unspecified atom stereocenters. The Labute approximate surface area is 99.8 Å². The van der Waals surface area contributed by atoms with Gasteiger partial charge in [-0.15, -0.1) is 0 Å². The first-order valence-corrected chi connectivity index (χ1v) is 5.44. The quantitative estimate of drug-likeness (QED) is 0.672. The van der Waals surface area contributed by atoms with Crippen LogP contribution in [-0.2, 0) is 4.74 Å². The van der Waals surface area contributed by atoms with Gasteiger partial charge in [0, 0.05) is 12.3 Å². The topological polar surface area (TPSA) is 92.8 Å². The molecule has 0 saturated carbocycles. The number of carboxylic acids is 1. The third-order valence-corrected chi connectivity index (χ3v) is 2.36. The lowest BCUT2D eigenvalue weighted by atomic mass is 10.2. The van der Waals surface area contributed by atoms with Crippen molar-refractivity contribution in [3.05, 3.63) is 29.8 Å². The van der Waals surface area contributed by atoms with Crippen molar-refractivity contribution in [2.45, 2.75) is 18.9 Å². The van der Waals surface area contributed by atoms with E-state index in [-0.39, 0.29) is 18.3 Å². The summed E-state index contributed by atoms with van der Waals surface area (Å²) in [5, 5.41) is 16.9. The summed E-state index contributed by atoms with van der Waals surface area (Å²) in [5.41, 5.74) is 6.03. The first-order valence-electron chi connectivity index (χ1n) is 5.44. The van der Waals surface area contributed by atoms with Crippen LogP contribution in [0.5, 0.6) is 0 Å². The molecule has 94 valence electrons. The molecule has 1 saturated heterocycles. The van der Waals surface area contributed by atoms with Gasteiger partial charge in [0.2, 0.25) is 0 Å². The van der Waals surface area contributed by atoms with Crippen LogP contribution in [0, 0.1) is 0 Å². The van der Waals surface area contributed by atoms with Crippen LogP contribution in [0.3, 0.4) is 0 Å². The Morgan fingerprint density at radius 3 is 2.65 bits per heavy atom. The fraction of sp³-hybridized carbons (Fsp3) is 0.417. The van der Waals surface area contributed by atoms with Crippen molar-refractivity contribution < 1.29 is 19.7 Å². The monoisotopic (exact) mass is 239 g/mol. The molecule has 17 heavy (non-hydrogen) atoms. The van der Waals surface area contributed by atoms with Crippen molar-refractivity contribution >= 4 is 11.7 Å². The van der Waals surface area contributed by atoms with Gasteiger partial charge in [0.05, 0.1) is 18.3 Å². The van der Waals surface area contributed by atoms with Gasteiger partial charge in [-0.25, -0.2) is 4.79 Å². The number of aliphatic hydroxyl groups is 1. The van der Waals surface area contributed by atoms with Gasteiger partial charge >= 0.3 is 5.97 Å². The molecule has 0 spiro atoms. The number of anilines is 1. The smallest absolute Gasteiger partial charge is 0.335 e. The highest BCUT2D eigenvalue weighted by atomic mass is 16.5. The van der Waals surface area contributed by atoms with Crippen LogP contribution >= 0.6 is 0 Å². The number of aromatic carboxylic acids is 1. The van der Waals surface area contributed by atoms with Crippen molar-refractivity contribution in [1.29, 1.82) is 0 Å². The van der Waals surface area contributed by atoms with E-state index in [0.29, 0.717) is 5.69 Å². The molecular formula is C12H17NO4. The molecule has 1 aromatic carbocycles. The average Bonchev–Trinajstić information content (AvgIpc) is 2.82. The molecule has 1 fully saturated rings. The molecule has 0 radical (unpaired) electrons. The van der Waals surface area contributed by atoms with Crippen molar-refractivity contribution in [2.24, 2.45) is 0 Å². The molecule has 1 aliphatic rings. The Hall–Kier alpha value is -1.59. The highest BCUT2D eigenvalue weighted by molar-refractivity contribution is 5.88. The number of aliphatic hydroxyl groups excluding tert-OH is 1. The highest BCUT2D eigenvalue weighted by Crippen LogP contribution is 2.09. The zero-order chi connectivity index (χ0) is 12.7. The number of hydrogen-bond donors (Lipinski definition) is 3. The van der Waals surface area contributed by atoms with E-state index < -0.39 is 5.97 Å². The van der Waals surface area contributed by atoms with Gasteiger partial charge < -0.3 is 20.7 Å². The third kappa shape index (κ3) is 4.84. The maximum Gasteiger partial charge on any atom is 0.335 e.